The van der Waals surface area contributed by atoms with Gasteiger partial charge in [-0.15, -0.1) is 0 Å². The standard InChI is InChI=1S/C13H17NO6S/c15-9-6-10(16)8-14(7-9)21(17,18)12-3-1-2-11-13(12)20-5-4-19-11/h1-3,9-10,15-16H,4-8H2/t9-,10-/m1/s1. The molecule has 7 nitrogen and oxygen atoms in total. The predicted octanol–water partition coefficient (Wildman–Crippen LogP) is -0.426. The molecular weight excluding hydrogens is 298 g/mol. The monoisotopic (exact) mass is 315 g/mol. The maximum atomic E-state index is 12.7. The number of fused-ring (bicyclic) bond motifs is 1. The Bertz CT molecular complexity index is 622. The fourth-order valence-electron chi connectivity index (χ4n) is 2.59. The number of hydrogen-bond donors (Lipinski definition) is 2. The van der Waals surface area contributed by atoms with Crippen LogP contribution in [0.15, 0.2) is 23.1 Å². The Kier molecular flexibility index (Phi) is 3.78. The summed E-state index contributed by atoms with van der Waals surface area (Å²) >= 11 is 0. The molecule has 21 heavy (non-hydrogen) atoms. The minimum Gasteiger partial charge on any atom is -0.486 e. The van der Waals surface area contributed by atoms with Crippen molar-refractivity contribution < 1.29 is 28.1 Å². The summed E-state index contributed by atoms with van der Waals surface area (Å²) in [5.74, 6) is 0.582. The van der Waals surface area contributed by atoms with Crippen molar-refractivity contribution in [1.29, 1.82) is 0 Å². The lowest BCUT2D eigenvalue weighted by atomic mass is 10.1. The van der Waals surface area contributed by atoms with Crippen molar-refractivity contribution in [2.45, 2.75) is 23.5 Å². The van der Waals surface area contributed by atoms with E-state index in [0.717, 1.165) is 4.31 Å². The Balaban J connectivity index is 1.99. The van der Waals surface area contributed by atoms with E-state index in [2.05, 4.69) is 0 Å². The highest BCUT2D eigenvalue weighted by Crippen LogP contribution is 2.38. The van der Waals surface area contributed by atoms with E-state index in [9.17, 15) is 18.6 Å². The van der Waals surface area contributed by atoms with Crippen LogP contribution in [0.1, 0.15) is 6.42 Å². The first-order chi connectivity index (χ1) is 9.98. The second-order valence-electron chi connectivity index (χ2n) is 5.15. The Morgan fingerprint density at radius 1 is 1.10 bits per heavy atom. The van der Waals surface area contributed by atoms with E-state index in [1.54, 1.807) is 12.1 Å². The molecule has 0 unspecified atom stereocenters. The van der Waals surface area contributed by atoms with Crippen LogP contribution in [-0.2, 0) is 10.0 Å². The molecule has 0 spiro atoms. The third kappa shape index (κ3) is 2.71. The van der Waals surface area contributed by atoms with Gasteiger partial charge in [-0.3, -0.25) is 0 Å². The molecule has 8 heteroatoms. The minimum absolute atomic E-state index is 0.000926. The van der Waals surface area contributed by atoms with Crippen LogP contribution in [-0.4, -0.2) is 61.4 Å². The van der Waals surface area contributed by atoms with Gasteiger partial charge in [-0.25, -0.2) is 8.42 Å². The van der Waals surface area contributed by atoms with Gasteiger partial charge in [0.2, 0.25) is 10.0 Å². The lowest BCUT2D eigenvalue weighted by molar-refractivity contribution is 0.0212. The Labute approximate surface area is 122 Å². The fourth-order valence-corrected chi connectivity index (χ4v) is 4.25. The molecule has 1 aromatic rings. The number of ether oxygens (including phenoxy) is 2. The lowest BCUT2D eigenvalue weighted by Crippen LogP contribution is -2.48. The molecular formula is C13H17NO6S. The van der Waals surface area contributed by atoms with Crippen LogP contribution in [0.5, 0.6) is 11.5 Å². The summed E-state index contributed by atoms with van der Waals surface area (Å²) in [6, 6.07) is 4.67. The van der Waals surface area contributed by atoms with E-state index < -0.39 is 22.2 Å². The van der Waals surface area contributed by atoms with Gasteiger partial charge in [0.15, 0.2) is 11.5 Å². The van der Waals surface area contributed by atoms with Crippen molar-refractivity contribution in [3.05, 3.63) is 18.2 Å². The number of piperidine rings is 1. The second-order valence-corrected chi connectivity index (χ2v) is 7.05. The number of hydrogen-bond acceptors (Lipinski definition) is 6. The predicted molar refractivity (Wildman–Crippen MR) is 72.8 cm³/mol. The van der Waals surface area contributed by atoms with Gasteiger partial charge >= 0.3 is 0 Å². The summed E-state index contributed by atoms with van der Waals surface area (Å²) < 4.78 is 37.3. The SMILES string of the molecule is O=S(=O)(c1cccc2c1OCCO2)N1C[C@H](O)C[C@@H](O)C1. The molecule has 1 aromatic carbocycles. The fraction of sp³-hybridized carbons (Fsp3) is 0.538. The van der Waals surface area contributed by atoms with Crippen LogP contribution >= 0.6 is 0 Å². The molecule has 116 valence electrons. The summed E-state index contributed by atoms with van der Waals surface area (Å²) in [7, 11) is -3.86. The van der Waals surface area contributed by atoms with E-state index in [0.29, 0.717) is 12.4 Å². The first kappa shape index (κ1) is 14.6. The van der Waals surface area contributed by atoms with Gasteiger partial charge in [0, 0.05) is 19.5 Å². The molecule has 1 saturated heterocycles. The molecule has 2 heterocycles. The van der Waals surface area contributed by atoms with Gasteiger partial charge in [0.05, 0.1) is 12.2 Å². The highest BCUT2D eigenvalue weighted by atomic mass is 32.2. The zero-order chi connectivity index (χ0) is 15.0. The largest absolute Gasteiger partial charge is 0.486 e. The molecule has 2 aliphatic heterocycles. The van der Waals surface area contributed by atoms with E-state index in [-0.39, 0.29) is 36.8 Å². The molecule has 1 fully saturated rings. The van der Waals surface area contributed by atoms with Crippen molar-refractivity contribution in [1.82, 2.24) is 4.31 Å². The molecule has 3 rings (SSSR count). The average molecular weight is 315 g/mol. The molecule has 2 atom stereocenters. The second kappa shape index (κ2) is 5.45. The number of rotatable bonds is 2. The molecule has 2 N–H and O–H groups in total. The summed E-state index contributed by atoms with van der Waals surface area (Å²) in [5.41, 5.74) is 0. The van der Waals surface area contributed by atoms with Crippen LogP contribution < -0.4 is 9.47 Å². The minimum atomic E-state index is -3.86. The molecule has 0 saturated carbocycles. The van der Waals surface area contributed by atoms with Gasteiger partial charge in [0.1, 0.15) is 18.1 Å². The van der Waals surface area contributed by atoms with Gasteiger partial charge in [-0.05, 0) is 12.1 Å². The smallest absolute Gasteiger partial charge is 0.247 e. The highest BCUT2D eigenvalue weighted by Gasteiger charge is 2.36. The molecule has 0 aliphatic carbocycles. The Morgan fingerprint density at radius 2 is 1.76 bits per heavy atom. The van der Waals surface area contributed by atoms with Crippen LogP contribution in [0, 0.1) is 0 Å². The third-order valence-electron chi connectivity index (χ3n) is 3.52. The highest BCUT2D eigenvalue weighted by molar-refractivity contribution is 7.89. The van der Waals surface area contributed by atoms with Crippen LogP contribution in [0.3, 0.4) is 0 Å². The van der Waals surface area contributed by atoms with E-state index in [4.69, 9.17) is 9.47 Å². The summed E-state index contributed by atoms with van der Waals surface area (Å²) in [4.78, 5) is 0.000926. The third-order valence-corrected chi connectivity index (χ3v) is 5.38. The maximum Gasteiger partial charge on any atom is 0.247 e. The Morgan fingerprint density at radius 3 is 2.48 bits per heavy atom. The van der Waals surface area contributed by atoms with Gasteiger partial charge in [0.25, 0.3) is 0 Å². The maximum absolute atomic E-state index is 12.7. The van der Waals surface area contributed by atoms with Gasteiger partial charge in [-0.1, -0.05) is 6.07 Å². The zero-order valence-electron chi connectivity index (χ0n) is 11.3. The Hall–Kier alpha value is -1.35. The van der Waals surface area contributed by atoms with E-state index in [1.165, 1.54) is 6.07 Å². The molecule has 0 aromatic heterocycles. The molecule has 0 amide bonds. The zero-order valence-corrected chi connectivity index (χ0v) is 12.1. The summed E-state index contributed by atoms with van der Waals surface area (Å²) in [5, 5.41) is 19.4. The number of β-amino-alcohol motifs (C(OH)–C–C–N with tert-alkyl or cyclic N) is 2. The van der Waals surface area contributed by atoms with Crippen LogP contribution in [0.25, 0.3) is 0 Å². The number of aliphatic hydroxyl groups excluding tert-OH is 2. The quantitative estimate of drug-likeness (QED) is 0.769. The summed E-state index contributed by atoms with van der Waals surface area (Å²) in [6.45, 7) is 0.580. The molecule has 0 bridgehead atoms. The first-order valence-corrected chi connectivity index (χ1v) is 8.17. The van der Waals surface area contributed by atoms with Crippen molar-refractivity contribution in [3.8, 4) is 11.5 Å². The van der Waals surface area contributed by atoms with E-state index >= 15 is 0 Å². The molecule has 2 aliphatic rings. The molecule has 0 radical (unpaired) electrons. The number of aliphatic hydroxyl groups is 2. The van der Waals surface area contributed by atoms with E-state index in [1.807, 2.05) is 0 Å². The normalized spacial score (nSPS) is 26.6. The van der Waals surface area contributed by atoms with Crippen molar-refractivity contribution in [2.24, 2.45) is 0 Å². The number of sulfonamides is 1. The van der Waals surface area contributed by atoms with Crippen LogP contribution in [0.2, 0.25) is 0 Å². The lowest BCUT2D eigenvalue weighted by Gasteiger charge is -2.33. The number of para-hydroxylation sites is 1. The summed E-state index contributed by atoms with van der Waals surface area (Å²) in [6.07, 6.45) is -1.57. The van der Waals surface area contributed by atoms with Gasteiger partial charge in [-0.2, -0.15) is 4.31 Å². The first-order valence-electron chi connectivity index (χ1n) is 6.73. The van der Waals surface area contributed by atoms with Crippen molar-refractivity contribution in [3.63, 3.8) is 0 Å². The number of benzene rings is 1. The topological polar surface area (TPSA) is 96.3 Å². The van der Waals surface area contributed by atoms with Crippen molar-refractivity contribution in [2.75, 3.05) is 26.3 Å². The van der Waals surface area contributed by atoms with Crippen molar-refractivity contribution >= 4 is 10.0 Å². The van der Waals surface area contributed by atoms with Gasteiger partial charge < -0.3 is 19.7 Å². The average Bonchev–Trinajstić information content (AvgIpc) is 2.45. The number of nitrogens with zero attached hydrogens (tertiary/aromatic N) is 1. The van der Waals surface area contributed by atoms with Crippen LogP contribution in [0.4, 0.5) is 0 Å².